The van der Waals surface area contributed by atoms with Crippen molar-refractivity contribution in [2.24, 2.45) is 5.73 Å². The fourth-order valence-corrected chi connectivity index (χ4v) is 4.36. The molecule has 10 heteroatoms. The third-order valence-electron chi connectivity index (χ3n) is 4.56. The van der Waals surface area contributed by atoms with Crippen LogP contribution in [-0.4, -0.2) is 39.2 Å². The highest BCUT2D eigenvalue weighted by atomic mass is 35.5. The van der Waals surface area contributed by atoms with Crippen LogP contribution < -0.4 is 10.3 Å². The van der Waals surface area contributed by atoms with E-state index in [1.165, 1.54) is 35.1 Å². The number of ether oxygens (including phenoxy) is 1. The number of aromatic nitrogens is 1. The standard InChI is InChI=1S/C16H17N3O4S.2ClH/c17-12-13(20)19-14(23-16(21)22)11(8-24-15(12)19)7-18-5-3-10(4-6-18)9-1-2-9;;/h3-6,9,12,15H,1-2,7-8,17H2;2*1H/p+1/t12?,15-;;/m0../s1. The first-order valence-electron chi connectivity index (χ1n) is 7.86. The lowest BCUT2D eigenvalue weighted by Gasteiger charge is -2.47. The minimum Gasteiger partial charge on any atom is -0.449 e. The topological polar surface area (TPSA) is 96.7 Å². The van der Waals surface area contributed by atoms with Gasteiger partial charge in [-0.3, -0.25) is 9.69 Å². The molecular formula is C16H20Cl2N3O4S+. The number of carbonyl (C=O) groups excluding carboxylic acids is 1. The number of carbonyl (C=O) groups is 2. The summed E-state index contributed by atoms with van der Waals surface area (Å²) in [5.41, 5.74) is 7.88. The number of carboxylic acid groups (broad SMARTS) is 1. The molecule has 1 aromatic heterocycles. The molecule has 1 aliphatic carbocycles. The van der Waals surface area contributed by atoms with E-state index in [1.54, 1.807) is 0 Å². The molecule has 2 fully saturated rings. The van der Waals surface area contributed by atoms with E-state index in [0.717, 1.165) is 5.57 Å². The summed E-state index contributed by atoms with van der Waals surface area (Å²) in [6, 6.07) is 3.60. The summed E-state index contributed by atoms with van der Waals surface area (Å²) in [6.07, 6.45) is 5.05. The van der Waals surface area contributed by atoms with Gasteiger partial charge in [-0.2, -0.15) is 0 Å². The molecule has 4 rings (SSSR count). The number of thioether (sulfide) groups is 1. The van der Waals surface area contributed by atoms with Gasteiger partial charge in [0.2, 0.25) is 11.8 Å². The smallest absolute Gasteiger partial charge is 0.449 e. The van der Waals surface area contributed by atoms with E-state index in [9.17, 15) is 9.59 Å². The zero-order valence-electron chi connectivity index (χ0n) is 13.7. The third kappa shape index (κ3) is 3.78. The van der Waals surface area contributed by atoms with Crippen LogP contribution in [0.1, 0.15) is 24.3 Å². The highest BCUT2D eigenvalue weighted by Crippen LogP contribution is 2.40. The Morgan fingerprint density at radius 1 is 1.35 bits per heavy atom. The van der Waals surface area contributed by atoms with E-state index >= 15 is 0 Å². The highest BCUT2D eigenvalue weighted by molar-refractivity contribution is 8.00. The summed E-state index contributed by atoms with van der Waals surface area (Å²) >= 11 is 1.54. The van der Waals surface area contributed by atoms with Crippen LogP contribution >= 0.6 is 36.6 Å². The van der Waals surface area contributed by atoms with E-state index in [1.807, 2.05) is 17.0 Å². The molecule has 2 aliphatic heterocycles. The predicted octanol–water partition coefficient (Wildman–Crippen LogP) is 1.84. The quantitative estimate of drug-likeness (QED) is 0.438. The monoisotopic (exact) mass is 420 g/mol. The van der Waals surface area contributed by atoms with Gasteiger partial charge in [0.05, 0.1) is 5.57 Å². The Kier molecular flexibility index (Phi) is 6.44. The summed E-state index contributed by atoms with van der Waals surface area (Å²) in [5.74, 6) is 1.10. The van der Waals surface area contributed by atoms with Gasteiger partial charge in [0.25, 0.3) is 0 Å². The van der Waals surface area contributed by atoms with Crippen molar-refractivity contribution in [3.63, 3.8) is 0 Å². The van der Waals surface area contributed by atoms with Crippen molar-refractivity contribution in [2.75, 3.05) is 5.75 Å². The second-order valence-corrected chi connectivity index (χ2v) is 7.40. The minimum absolute atomic E-state index is 0. The van der Waals surface area contributed by atoms with Crippen LogP contribution in [0.3, 0.4) is 0 Å². The number of β-lactam (4-membered cyclic amide) rings is 1. The second-order valence-electron chi connectivity index (χ2n) is 6.29. The van der Waals surface area contributed by atoms with E-state index in [4.69, 9.17) is 15.6 Å². The minimum atomic E-state index is -1.42. The molecule has 1 amide bonds. The molecule has 142 valence electrons. The van der Waals surface area contributed by atoms with Crippen LogP contribution in [0.2, 0.25) is 0 Å². The first-order valence-corrected chi connectivity index (χ1v) is 8.91. The van der Waals surface area contributed by atoms with E-state index in [2.05, 4.69) is 12.1 Å². The van der Waals surface area contributed by atoms with Gasteiger partial charge in [-0.1, -0.05) is 0 Å². The van der Waals surface area contributed by atoms with Crippen molar-refractivity contribution in [3.05, 3.63) is 41.5 Å². The Hall–Kier alpha value is -1.48. The van der Waals surface area contributed by atoms with Gasteiger partial charge >= 0.3 is 6.16 Å². The Balaban J connectivity index is 0.00000121. The number of hydrogen-bond acceptors (Lipinski definition) is 5. The number of fused-ring (bicyclic) bond motifs is 1. The number of pyridine rings is 1. The summed E-state index contributed by atoms with van der Waals surface area (Å²) in [4.78, 5) is 24.4. The maximum atomic E-state index is 12.0. The number of halogens is 2. The van der Waals surface area contributed by atoms with Crippen molar-refractivity contribution < 1.29 is 24.0 Å². The van der Waals surface area contributed by atoms with Crippen molar-refractivity contribution in [2.45, 2.75) is 36.7 Å². The molecule has 0 spiro atoms. The lowest BCUT2D eigenvalue weighted by atomic mass is 10.1. The average molecular weight is 421 g/mol. The van der Waals surface area contributed by atoms with Gasteiger partial charge in [-0.15, -0.1) is 36.6 Å². The van der Waals surface area contributed by atoms with Crippen LogP contribution in [-0.2, 0) is 16.1 Å². The summed E-state index contributed by atoms with van der Waals surface area (Å²) in [7, 11) is 0. The first-order chi connectivity index (χ1) is 11.5. The molecule has 1 unspecified atom stereocenters. The van der Waals surface area contributed by atoms with Gasteiger partial charge in [0, 0.05) is 17.9 Å². The predicted molar refractivity (Wildman–Crippen MR) is 100 cm³/mol. The number of nitrogens with two attached hydrogens (primary N) is 1. The van der Waals surface area contributed by atoms with Crippen molar-refractivity contribution in [1.82, 2.24) is 4.90 Å². The highest BCUT2D eigenvalue weighted by Gasteiger charge is 2.52. The first kappa shape index (κ1) is 20.8. The Morgan fingerprint density at radius 2 is 2.00 bits per heavy atom. The second kappa shape index (κ2) is 8.04. The van der Waals surface area contributed by atoms with Crippen LogP contribution in [0.15, 0.2) is 36.0 Å². The van der Waals surface area contributed by atoms with E-state index in [0.29, 0.717) is 18.2 Å². The van der Waals surface area contributed by atoms with Crippen LogP contribution in [0, 0.1) is 0 Å². The number of nitrogens with zero attached hydrogens (tertiary/aromatic N) is 2. The summed E-state index contributed by atoms with van der Waals surface area (Å²) in [5, 5.41) is 8.76. The van der Waals surface area contributed by atoms with Crippen LogP contribution in [0.25, 0.3) is 0 Å². The summed E-state index contributed by atoms with van der Waals surface area (Å²) in [6.45, 7) is 0.478. The van der Waals surface area contributed by atoms with Crippen LogP contribution in [0.4, 0.5) is 4.79 Å². The Labute approximate surface area is 167 Å². The van der Waals surface area contributed by atoms with Gasteiger partial charge in [0.1, 0.15) is 11.4 Å². The van der Waals surface area contributed by atoms with E-state index in [-0.39, 0.29) is 42.0 Å². The average Bonchev–Trinajstić information content (AvgIpc) is 3.40. The molecule has 3 heterocycles. The molecule has 2 atom stereocenters. The molecule has 1 saturated heterocycles. The molecule has 0 bridgehead atoms. The largest absolute Gasteiger partial charge is 0.512 e. The SMILES string of the molecule is Cl.Cl.NC1C(=O)N2C(OC(=O)O)=C(C[n+]3ccc(C4CC4)cc3)CS[C@@H]12. The zero-order chi connectivity index (χ0) is 16.8. The molecule has 26 heavy (non-hydrogen) atoms. The molecule has 7 nitrogen and oxygen atoms in total. The number of hydrogen-bond donors (Lipinski definition) is 2. The van der Waals surface area contributed by atoms with Crippen molar-refractivity contribution in [3.8, 4) is 0 Å². The Morgan fingerprint density at radius 3 is 2.58 bits per heavy atom. The molecule has 1 aromatic rings. The normalized spacial score (nSPS) is 24.0. The fourth-order valence-electron chi connectivity index (χ4n) is 3.10. The molecule has 0 aromatic carbocycles. The fraction of sp³-hybridized carbons (Fsp3) is 0.438. The molecular weight excluding hydrogens is 401 g/mol. The Bertz CT molecular complexity index is 740. The van der Waals surface area contributed by atoms with Gasteiger partial charge in [-0.25, -0.2) is 9.36 Å². The third-order valence-corrected chi connectivity index (χ3v) is 5.92. The van der Waals surface area contributed by atoms with E-state index < -0.39 is 12.2 Å². The van der Waals surface area contributed by atoms with Crippen LogP contribution in [0.5, 0.6) is 0 Å². The van der Waals surface area contributed by atoms with Gasteiger partial charge < -0.3 is 15.6 Å². The maximum absolute atomic E-state index is 12.0. The van der Waals surface area contributed by atoms with Gasteiger partial charge in [-0.05, 0) is 24.3 Å². The van der Waals surface area contributed by atoms with Crippen molar-refractivity contribution >= 4 is 48.6 Å². The molecule has 0 radical (unpaired) electrons. The lowest BCUT2D eigenvalue weighted by molar-refractivity contribution is -0.689. The number of rotatable bonds is 4. The molecule has 3 aliphatic rings. The zero-order valence-corrected chi connectivity index (χ0v) is 16.2. The molecule has 3 N–H and O–H groups in total. The lowest BCUT2D eigenvalue weighted by Crippen LogP contribution is -2.68. The molecule has 1 saturated carbocycles. The maximum Gasteiger partial charge on any atom is 0.512 e. The number of amides is 1. The van der Waals surface area contributed by atoms with Gasteiger partial charge in [0.15, 0.2) is 18.9 Å². The van der Waals surface area contributed by atoms with Crippen molar-refractivity contribution in [1.29, 1.82) is 0 Å². The summed E-state index contributed by atoms with van der Waals surface area (Å²) < 4.78 is 6.89.